The van der Waals surface area contributed by atoms with E-state index in [9.17, 15) is 9.50 Å². The molecule has 0 radical (unpaired) electrons. The summed E-state index contributed by atoms with van der Waals surface area (Å²) in [6.45, 7) is 0. The van der Waals surface area contributed by atoms with Gasteiger partial charge in [-0.05, 0) is 60.0 Å². The second-order valence-corrected chi connectivity index (χ2v) is 7.46. The predicted octanol–water partition coefficient (Wildman–Crippen LogP) is 6.68. The molecule has 0 saturated carbocycles. The standard InChI is InChI=1S/C27H19FN2O2/c28-23-9-5-4-8-22(23)27-30-24-16-21(12-13-26(24)32-27)29-17-20-11-10-19(15-25(20)31)14-18-6-2-1-3-7-18/h1-13,15-17,31H,14H2. The Morgan fingerprint density at radius 2 is 1.69 bits per heavy atom. The molecule has 1 heterocycles. The number of halogens is 1. The zero-order valence-corrected chi connectivity index (χ0v) is 17.1. The van der Waals surface area contributed by atoms with Crippen LogP contribution in [0.15, 0.2) is 100 Å². The van der Waals surface area contributed by atoms with Crippen LogP contribution in [0.4, 0.5) is 10.1 Å². The molecule has 156 valence electrons. The van der Waals surface area contributed by atoms with Gasteiger partial charge in [0.15, 0.2) is 5.58 Å². The molecule has 5 heteroatoms. The molecule has 4 nitrogen and oxygen atoms in total. The Labute approximate surface area is 184 Å². The molecule has 32 heavy (non-hydrogen) atoms. The lowest BCUT2D eigenvalue weighted by molar-refractivity contribution is 0.474. The third-order valence-electron chi connectivity index (χ3n) is 5.17. The van der Waals surface area contributed by atoms with E-state index in [2.05, 4.69) is 22.1 Å². The zero-order chi connectivity index (χ0) is 21.9. The van der Waals surface area contributed by atoms with Crippen molar-refractivity contribution >= 4 is 23.0 Å². The van der Waals surface area contributed by atoms with Gasteiger partial charge in [-0.1, -0.05) is 48.5 Å². The van der Waals surface area contributed by atoms with Crippen LogP contribution < -0.4 is 0 Å². The highest BCUT2D eigenvalue weighted by atomic mass is 19.1. The highest BCUT2D eigenvalue weighted by Crippen LogP contribution is 2.29. The summed E-state index contributed by atoms with van der Waals surface area (Å²) in [4.78, 5) is 8.86. The highest BCUT2D eigenvalue weighted by Gasteiger charge is 2.12. The Balaban J connectivity index is 1.37. The summed E-state index contributed by atoms with van der Waals surface area (Å²) in [6.07, 6.45) is 2.36. The summed E-state index contributed by atoms with van der Waals surface area (Å²) in [5.74, 6) is 0.0147. The minimum atomic E-state index is -0.386. The number of nitrogens with zero attached hydrogens (tertiary/aromatic N) is 2. The molecule has 0 aliphatic rings. The first-order valence-corrected chi connectivity index (χ1v) is 10.2. The Morgan fingerprint density at radius 3 is 2.50 bits per heavy atom. The van der Waals surface area contributed by atoms with Gasteiger partial charge in [0, 0.05) is 11.8 Å². The molecule has 0 aliphatic carbocycles. The van der Waals surface area contributed by atoms with Crippen LogP contribution in [0.25, 0.3) is 22.6 Å². The molecule has 0 saturated heterocycles. The van der Waals surface area contributed by atoms with Crippen molar-refractivity contribution in [1.29, 1.82) is 0 Å². The molecule has 0 bridgehead atoms. The fourth-order valence-electron chi connectivity index (χ4n) is 3.53. The number of hydrogen-bond acceptors (Lipinski definition) is 4. The van der Waals surface area contributed by atoms with Gasteiger partial charge in [0.1, 0.15) is 17.1 Å². The number of oxazole rings is 1. The van der Waals surface area contributed by atoms with E-state index in [0.717, 1.165) is 12.0 Å². The minimum Gasteiger partial charge on any atom is -0.507 e. The van der Waals surface area contributed by atoms with Crippen molar-refractivity contribution in [2.75, 3.05) is 0 Å². The van der Waals surface area contributed by atoms with Gasteiger partial charge in [-0.15, -0.1) is 0 Å². The molecule has 0 amide bonds. The van der Waals surface area contributed by atoms with Gasteiger partial charge in [-0.25, -0.2) is 9.37 Å². The summed E-state index contributed by atoms with van der Waals surface area (Å²) in [6, 6.07) is 27.4. The molecule has 0 atom stereocenters. The summed E-state index contributed by atoms with van der Waals surface area (Å²) in [5, 5.41) is 10.4. The quantitative estimate of drug-likeness (QED) is 0.321. The van der Waals surface area contributed by atoms with Crippen LogP contribution >= 0.6 is 0 Å². The molecular formula is C27H19FN2O2. The summed E-state index contributed by atoms with van der Waals surface area (Å²) < 4.78 is 19.7. The smallest absolute Gasteiger partial charge is 0.230 e. The van der Waals surface area contributed by atoms with E-state index in [1.54, 1.807) is 48.7 Å². The van der Waals surface area contributed by atoms with Crippen molar-refractivity contribution in [2.45, 2.75) is 6.42 Å². The Bertz CT molecular complexity index is 1420. The highest BCUT2D eigenvalue weighted by molar-refractivity contribution is 5.87. The molecule has 0 spiro atoms. The second-order valence-electron chi connectivity index (χ2n) is 7.46. The molecular weight excluding hydrogens is 403 g/mol. The van der Waals surface area contributed by atoms with Crippen LogP contribution in [0.2, 0.25) is 0 Å². The monoisotopic (exact) mass is 422 g/mol. The number of benzene rings is 4. The first kappa shape index (κ1) is 19.7. The first-order valence-electron chi connectivity index (χ1n) is 10.2. The van der Waals surface area contributed by atoms with E-state index in [-0.39, 0.29) is 17.5 Å². The number of phenols is 1. The van der Waals surface area contributed by atoms with Crippen molar-refractivity contribution in [3.8, 4) is 17.2 Å². The van der Waals surface area contributed by atoms with Gasteiger partial charge in [0.25, 0.3) is 0 Å². The number of hydrogen-bond donors (Lipinski definition) is 1. The van der Waals surface area contributed by atoms with Crippen molar-refractivity contribution in [3.63, 3.8) is 0 Å². The predicted molar refractivity (Wildman–Crippen MR) is 124 cm³/mol. The van der Waals surface area contributed by atoms with E-state index in [0.29, 0.717) is 27.9 Å². The van der Waals surface area contributed by atoms with E-state index in [4.69, 9.17) is 4.42 Å². The van der Waals surface area contributed by atoms with E-state index >= 15 is 0 Å². The van der Waals surface area contributed by atoms with Crippen LogP contribution in [-0.2, 0) is 6.42 Å². The van der Waals surface area contributed by atoms with Crippen LogP contribution in [0.1, 0.15) is 16.7 Å². The maximum Gasteiger partial charge on any atom is 0.230 e. The maximum atomic E-state index is 14.0. The Morgan fingerprint density at radius 1 is 0.875 bits per heavy atom. The lowest BCUT2D eigenvalue weighted by Gasteiger charge is -2.05. The minimum absolute atomic E-state index is 0.173. The van der Waals surface area contributed by atoms with Crippen LogP contribution in [-0.4, -0.2) is 16.3 Å². The van der Waals surface area contributed by atoms with Gasteiger partial charge < -0.3 is 9.52 Å². The molecule has 5 aromatic rings. The average Bonchev–Trinajstić information content (AvgIpc) is 3.23. The molecule has 1 N–H and O–H groups in total. The first-order chi connectivity index (χ1) is 15.7. The topological polar surface area (TPSA) is 58.6 Å². The van der Waals surface area contributed by atoms with Crippen LogP contribution in [0, 0.1) is 5.82 Å². The van der Waals surface area contributed by atoms with Crippen LogP contribution in [0.3, 0.4) is 0 Å². The summed E-state index contributed by atoms with van der Waals surface area (Å²) in [5.41, 5.74) is 4.93. The zero-order valence-electron chi connectivity index (χ0n) is 17.1. The lowest BCUT2D eigenvalue weighted by atomic mass is 10.0. The van der Waals surface area contributed by atoms with Crippen molar-refractivity contribution < 1.29 is 13.9 Å². The molecule has 0 aliphatic heterocycles. The average molecular weight is 422 g/mol. The molecule has 0 unspecified atom stereocenters. The molecule has 0 fully saturated rings. The number of aromatic nitrogens is 1. The van der Waals surface area contributed by atoms with Gasteiger partial charge in [-0.2, -0.15) is 0 Å². The fraction of sp³-hybridized carbons (Fsp3) is 0.0370. The largest absolute Gasteiger partial charge is 0.507 e. The molecule has 5 rings (SSSR count). The van der Waals surface area contributed by atoms with Gasteiger partial charge >= 0.3 is 0 Å². The molecule has 4 aromatic carbocycles. The molecule has 1 aromatic heterocycles. The third kappa shape index (κ3) is 4.14. The van der Waals surface area contributed by atoms with Gasteiger partial charge in [0.2, 0.25) is 5.89 Å². The number of aliphatic imine (C=N–C) groups is 1. The number of phenolic OH excluding ortho intramolecular Hbond substituents is 1. The van der Waals surface area contributed by atoms with E-state index in [1.807, 2.05) is 30.3 Å². The van der Waals surface area contributed by atoms with Crippen LogP contribution in [0.5, 0.6) is 5.75 Å². The Hall–Kier alpha value is -4.25. The fourth-order valence-corrected chi connectivity index (χ4v) is 3.53. The summed E-state index contributed by atoms with van der Waals surface area (Å²) in [7, 11) is 0. The van der Waals surface area contributed by atoms with E-state index in [1.165, 1.54) is 11.6 Å². The normalized spacial score (nSPS) is 11.4. The second kappa shape index (κ2) is 8.47. The van der Waals surface area contributed by atoms with E-state index < -0.39 is 0 Å². The SMILES string of the molecule is Oc1cc(Cc2ccccc2)ccc1C=Nc1ccc2oc(-c3ccccc3F)nc2c1. The summed E-state index contributed by atoms with van der Waals surface area (Å²) >= 11 is 0. The number of fused-ring (bicyclic) bond motifs is 1. The van der Waals surface area contributed by atoms with Crippen molar-refractivity contribution in [2.24, 2.45) is 4.99 Å². The van der Waals surface area contributed by atoms with Crippen molar-refractivity contribution in [1.82, 2.24) is 4.98 Å². The maximum absolute atomic E-state index is 14.0. The van der Waals surface area contributed by atoms with Gasteiger partial charge in [0.05, 0.1) is 11.3 Å². The number of rotatable bonds is 5. The van der Waals surface area contributed by atoms with Crippen molar-refractivity contribution in [3.05, 3.63) is 114 Å². The Kier molecular flexibility index (Phi) is 5.22. The lowest BCUT2D eigenvalue weighted by Crippen LogP contribution is -1.90. The third-order valence-corrected chi connectivity index (χ3v) is 5.17. The van der Waals surface area contributed by atoms with Gasteiger partial charge in [-0.3, -0.25) is 4.99 Å². The number of aromatic hydroxyl groups is 1.